The molecule has 2 rings (SSSR count). The van der Waals surface area contributed by atoms with E-state index in [1.807, 2.05) is 13.0 Å². The van der Waals surface area contributed by atoms with Crippen LogP contribution in [0.2, 0.25) is 0 Å². The molecule has 120 valence electrons. The number of carboxylic acid groups (broad SMARTS) is 1. The van der Waals surface area contributed by atoms with Crippen LogP contribution in [-0.2, 0) is 0 Å². The molecule has 0 unspecified atom stereocenters. The van der Waals surface area contributed by atoms with Gasteiger partial charge in [-0.05, 0) is 49.8 Å². The molecular weight excluding hydrogens is 314 g/mol. The van der Waals surface area contributed by atoms with Crippen LogP contribution in [-0.4, -0.2) is 28.9 Å². The first-order valence-electron chi connectivity index (χ1n) is 7.03. The van der Waals surface area contributed by atoms with Gasteiger partial charge in [0.25, 0.3) is 0 Å². The molecule has 3 N–H and O–H groups in total. The molecule has 1 aromatic heterocycles. The van der Waals surface area contributed by atoms with E-state index in [1.54, 1.807) is 31.2 Å². The number of rotatable bonds is 5. The van der Waals surface area contributed by atoms with Crippen molar-refractivity contribution in [3.8, 4) is 11.3 Å². The molecule has 0 aliphatic rings. The van der Waals surface area contributed by atoms with Crippen molar-refractivity contribution < 1.29 is 14.3 Å². The summed E-state index contributed by atoms with van der Waals surface area (Å²) in [6.07, 6.45) is 1.50. The summed E-state index contributed by atoms with van der Waals surface area (Å²) < 4.78 is 5.68. The molecule has 0 amide bonds. The summed E-state index contributed by atoms with van der Waals surface area (Å²) in [7, 11) is 0. The quantitative estimate of drug-likeness (QED) is 0.444. The van der Waals surface area contributed by atoms with E-state index in [9.17, 15) is 9.90 Å². The number of nitrogens with zero attached hydrogens (tertiary/aromatic N) is 1. The average Bonchev–Trinajstić information content (AvgIpc) is 2.96. The van der Waals surface area contributed by atoms with Gasteiger partial charge in [0.1, 0.15) is 11.5 Å². The topological polar surface area (TPSA) is 86.9 Å². The predicted molar refractivity (Wildman–Crippen MR) is 92.8 cm³/mol. The molecule has 0 spiro atoms. The molecule has 2 aromatic rings. The molecule has 0 atom stereocenters. The molecule has 7 heteroatoms. The maximum absolute atomic E-state index is 11.2. The first-order valence-corrected chi connectivity index (χ1v) is 7.43. The van der Waals surface area contributed by atoms with Gasteiger partial charge in [0, 0.05) is 12.1 Å². The molecule has 0 bridgehead atoms. The second-order valence-electron chi connectivity index (χ2n) is 4.71. The highest BCUT2D eigenvalue weighted by atomic mass is 32.1. The van der Waals surface area contributed by atoms with Crippen molar-refractivity contribution in [2.45, 2.75) is 13.8 Å². The van der Waals surface area contributed by atoms with E-state index in [4.69, 9.17) is 16.6 Å². The zero-order valence-corrected chi connectivity index (χ0v) is 13.6. The number of hydrogen-bond donors (Lipinski definition) is 3. The summed E-state index contributed by atoms with van der Waals surface area (Å²) in [5.41, 5.74) is 4.32. The Labute approximate surface area is 139 Å². The molecule has 1 aromatic carbocycles. The van der Waals surface area contributed by atoms with E-state index in [1.165, 1.54) is 6.21 Å². The highest BCUT2D eigenvalue weighted by Crippen LogP contribution is 2.27. The predicted octanol–water partition coefficient (Wildman–Crippen LogP) is 2.77. The fourth-order valence-electron chi connectivity index (χ4n) is 2.06. The molecule has 1 heterocycles. The fourth-order valence-corrected chi connectivity index (χ4v) is 2.25. The van der Waals surface area contributed by atoms with Gasteiger partial charge in [0.15, 0.2) is 5.11 Å². The minimum Gasteiger partial charge on any atom is -0.478 e. The summed E-state index contributed by atoms with van der Waals surface area (Å²) in [5.74, 6) is 0.159. The van der Waals surface area contributed by atoms with E-state index in [0.29, 0.717) is 28.7 Å². The Balaban J connectivity index is 2.17. The molecule has 23 heavy (non-hydrogen) atoms. The highest BCUT2D eigenvalue weighted by Gasteiger charge is 2.13. The summed E-state index contributed by atoms with van der Waals surface area (Å²) in [5, 5.41) is 16.5. The first kappa shape index (κ1) is 16.7. The number of thiocarbonyl (C=S) groups is 1. The average molecular weight is 331 g/mol. The molecule has 0 radical (unpaired) electrons. The van der Waals surface area contributed by atoms with Gasteiger partial charge < -0.3 is 14.8 Å². The molecular formula is C16H17N3O3S. The maximum Gasteiger partial charge on any atom is 0.335 e. The van der Waals surface area contributed by atoms with Crippen molar-refractivity contribution in [1.82, 2.24) is 10.7 Å². The second kappa shape index (κ2) is 7.55. The Kier molecular flexibility index (Phi) is 5.48. The summed E-state index contributed by atoms with van der Waals surface area (Å²) in [6.45, 7) is 4.40. The lowest BCUT2D eigenvalue weighted by Crippen LogP contribution is -2.31. The lowest BCUT2D eigenvalue weighted by atomic mass is 10.0. The lowest BCUT2D eigenvalue weighted by Gasteiger charge is -2.05. The van der Waals surface area contributed by atoms with Crippen molar-refractivity contribution >= 4 is 29.5 Å². The van der Waals surface area contributed by atoms with Crippen LogP contribution in [0, 0.1) is 6.92 Å². The van der Waals surface area contributed by atoms with Gasteiger partial charge in [-0.2, -0.15) is 5.10 Å². The van der Waals surface area contributed by atoms with Crippen LogP contribution in [0.25, 0.3) is 11.3 Å². The van der Waals surface area contributed by atoms with Crippen LogP contribution in [0.15, 0.2) is 39.9 Å². The van der Waals surface area contributed by atoms with Gasteiger partial charge >= 0.3 is 5.97 Å². The summed E-state index contributed by atoms with van der Waals surface area (Å²) in [6, 6.07) is 8.61. The summed E-state index contributed by atoms with van der Waals surface area (Å²) in [4.78, 5) is 11.2. The van der Waals surface area contributed by atoms with E-state index >= 15 is 0 Å². The third-order valence-corrected chi connectivity index (χ3v) is 3.39. The third kappa shape index (κ3) is 4.17. The van der Waals surface area contributed by atoms with E-state index in [-0.39, 0.29) is 5.56 Å². The second-order valence-corrected chi connectivity index (χ2v) is 5.12. The standard InChI is InChI=1S/C16H17N3O3S/c1-3-17-16(23)19-18-9-11-7-8-14(22-11)12-5-4-6-13(10(12)2)15(20)21/h4-9H,3H2,1-2H3,(H,20,21)(H2,17,19,23)/b18-9-. The van der Waals surface area contributed by atoms with Crippen molar-refractivity contribution in [1.29, 1.82) is 0 Å². The van der Waals surface area contributed by atoms with E-state index in [0.717, 1.165) is 5.56 Å². The Morgan fingerprint density at radius 2 is 2.17 bits per heavy atom. The van der Waals surface area contributed by atoms with Crippen molar-refractivity contribution in [2.75, 3.05) is 6.54 Å². The number of hydrazone groups is 1. The minimum atomic E-state index is -0.959. The summed E-state index contributed by atoms with van der Waals surface area (Å²) >= 11 is 4.98. The smallest absolute Gasteiger partial charge is 0.335 e. The maximum atomic E-state index is 11.2. The van der Waals surface area contributed by atoms with Crippen LogP contribution in [0.3, 0.4) is 0 Å². The van der Waals surface area contributed by atoms with Crippen molar-refractivity contribution in [3.05, 3.63) is 47.2 Å². The minimum absolute atomic E-state index is 0.256. The molecule has 0 aliphatic carbocycles. The SMILES string of the molecule is CCNC(=S)N/N=C\c1ccc(-c2cccc(C(=O)O)c2C)o1. The van der Waals surface area contributed by atoms with Gasteiger partial charge in [-0.25, -0.2) is 4.79 Å². The number of hydrogen-bond acceptors (Lipinski definition) is 4. The Bertz CT molecular complexity index is 753. The Morgan fingerprint density at radius 1 is 1.39 bits per heavy atom. The number of carboxylic acids is 1. The first-order chi connectivity index (χ1) is 11.0. The monoisotopic (exact) mass is 331 g/mol. The molecule has 0 fully saturated rings. The third-order valence-electron chi connectivity index (χ3n) is 3.15. The zero-order valence-electron chi connectivity index (χ0n) is 12.8. The van der Waals surface area contributed by atoms with Crippen molar-refractivity contribution in [2.24, 2.45) is 5.10 Å². The number of aromatic carboxylic acids is 1. The van der Waals surface area contributed by atoms with Crippen LogP contribution < -0.4 is 10.7 Å². The van der Waals surface area contributed by atoms with E-state index < -0.39 is 5.97 Å². The number of nitrogens with one attached hydrogen (secondary N) is 2. The van der Waals surface area contributed by atoms with Gasteiger partial charge in [0.05, 0.1) is 11.8 Å². The van der Waals surface area contributed by atoms with E-state index in [2.05, 4.69) is 15.8 Å². The number of benzene rings is 1. The molecule has 0 saturated heterocycles. The van der Waals surface area contributed by atoms with Gasteiger partial charge in [-0.3, -0.25) is 5.43 Å². The van der Waals surface area contributed by atoms with Crippen LogP contribution >= 0.6 is 12.2 Å². The van der Waals surface area contributed by atoms with Crippen LogP contribution in [0.4, 0.5) is 0 Å². The molecule has 0 aliphatic heterocycles. The highest BCUT2D eigenvalue weighted by molar-refractivity contribution is 7.80. The molecule has 0 saturated carbocycles. The number of carbonyl (C=O) groups is 1. The van der Waals surface area contributed by atoms with Crippen LogP contribution in [0.5, 0.6) is 0 Å². The van der Waals surface area contributed by atoms with Gasteiger partial charge in [-0.15, -0.1) is 0 Å². The van der Waals surface area contributed by atoms with Gasteiger partial charge in [-0.1, -0.05) is 12.1 Å². The number of furan rings is 1. The fraction of sp³-hybridized carbons (Fsp3) is 0.188. The lowest BCUT2D eigenvalue weighted by molar-refractivity contribution is 0.0696. The normalized spacial score (nSPS) is 10.7. The van der Waals surface area contributed by atoms with Crippen molar-refractivity contribution in [3.63, 3.8) is 0 Å². The largest absolute Gasteiger partial charge is 0.478 e. The Hall–Kier alpha value is -2.67. The Morgan fingerprint density at radius 3 is 2.87 bits per heavy atom. The van der Waals surface area contributed by atoms with Gasteiger partial charge in [0.2, 0.25) is 0 Å². The van der Waals surface area contributed by atoms with Crippen LogP contribution in [0.1, 0.15) is 28.6 Å². The zero-order chi connectivity index (χ0) is 16.8. The molecule has 6 nitrogen and oxygen atoms in total.